The van der Waals surface area contributed by atoms with Crippen molar-refractivity contribution in [3.05, 3.63) is 59.9 Å². The maximum absolute atomic E-state index is 11.5. The number of nitrogens with zero attached hydrogens (tertiary/aromatic N) is 2. The first-order valence-electron chi connectivity index (χ1n) is 8.91. The van der Waals surface area contributed by atoms with Crippen LogP contribution in [0.4, 0.5) is 0 Å². The average molecular weight is 355 g/mol. The molecule has 0 aliphatic carbocycles. The van der Waals surface area contributed by atoms with Gasteiger partial charge in [0.15, 0.2) is 6.29 Å². The highest BCUT2D eigenvalue weighted by atomic mass is 16.7. The van der Waals surface area contributed by atoms with E-state index in [1.165, 1.54) is 0 Å². The van der Waals surface area contributed by atoms with E-state index in [4.69, 9.17) is 9.47 Å². The van der Waals surface area contributed by atoms with Crippen LogP contribution in [0.15, 0.2) is 48.8 Å². The number of nitrogens with one attached hydrogen (secondary N) is 1. The molecule has 0 radical (unpaired) electrons. The Morgan fingerprint density at radius 2 is 2.15 bits per heavy atom. The van der Waals surface area contributed by atoms with Crippen LogP contribution in [0.3, 0.4) is 0 Å². The zero-order valence-corrected chi connectivity index (χ0v) is 15.1. The minimum absolute atomic E-state index is 0.0965. The summed E-state index contributed by atoms with van der Waals surface area (Å²) in [5.74, 6) is -0.132. The minimum Gasteiger partial charge on any atom is -0.353 e. The van der Waals surface area contributed by atoms with E-state index in [0.717, 1.165) is 42.7 Å². The van der Waals surface area contributed by atoms with Crippen LogP contribution >= 0.6 is 0 Å². The first-order valence-corrected chi connectivity index (χ1v) is 8.91. The van der Waals surface area contributed by atoms with E-state index in [1.54, 1.807) is 6.92 Å². The minimum atomic E-state index is -0.132. The maximum Gasteiger partial charge on any atom is 0.246 e. The van der Waals surface area contributed by atoms with Gasteiger partial charge < -0.3 is 14.8 Å². The van der Waals surface area contributed by atoms with Crippen LogP contribution in [-0.2, 0) is 27.4 Å². The molecule has 0 bridgehead atoms. The van der Waals surface area contributed by atoms with Crippen LogP contribution in [0, 0.1) is 0 Å². The van der Waals surface area contributed by atoms with Crippen LogP contribution in [0.1, 0.15) is 37.3 Å². The molecule has 1 atom stereocenters. The van der Waals surface area contributed by atoms with Gasteiger partial charge in [0.05, 0.1) is 18.5 Å². The molecule has 1 unspecified atom stereocenters. The van der Waals surface area contributed by atoms with Crippen molar-refractivity contribution < 1.29 is 14.3 Å². The molecule has 1 aliphatic heterocycles. The Labute approximate surface area is 153 Å². The second-order valence-corrected chi connectivity index (χ2v) is 6.53. The van der Waals surface area contributed by atoms with Gasteiger partial charge in [-0.25, -0.2) is 4.68 Å². The number of ether oxygens (including phenoxy) is 2. The zero-order valence-electron chi connectivity index (χ0n) is 15.1. The third kappa shape index (κ3) is 5.03. The van der Waals surface area contributed by atoms with Gasteiger partial charge in [-0.05, 0) is 43.9 Å². The van der Waals surface area contributed by atoms with Crippen molar-refractivity contribution in [2.24, 2.45) is 0 Å². The smallest absolute Gasteiger partial charge is 0.246 e. The van der Waals surface area contributed by atoms with E-state index in [1.807, 2.05) is 41.3 Å². The largest absolute Gasteiger partial charge is 0.353 e. The number of carbonyl (C=O) groups is 1. The monoisotopic (exact) mass is 355 g/mol. The van der Waals surface area contributed by atoms with E-state index in [9.17, 15) is 4.79 Å². The van der Waals surface area contributed by atoms with Gasteiger partial charge in [0.2, 0.25) is 5.91 Å². The molecule has 1 aromatic heterocycles. The predicted molar refractivity (Wildman–Crippen MR) is 98.6 cm³/mol. The fourth-order valence-electron chi connectivity index (χ4n) is 2.71. The van der Waals surface area contributed by atoms with Crippen molar-refractivity contribution in [3.63, 3.8) is 0 Å². The quantitative estimate of drug-likeness (QED) is 0.775. The number of hydrogen-bond acceptors (Lipinski definition) is 4. The van der Waals surface area contributed by atoms with Crippen LogP contribution in [0.2, 0.25) is 0 Å². The fraction of sp³-hybridized carbons (Fsp3) is 0.400. The van der Waals surface area contributed by atoms with Gasteiger partial charge in [0, 0.05) is 30.5 Å². The Balaban J connectivity index is 1.53. The van der Waals surface area contributed by atoms with E-state index < -0.39 is 0 Å². The van der Waals surface area contributed by atoms with Gasteiger partial charge in [0.25, 0.3) is 0 Å². The molecule has 1 N–H and O–H groups in total. The standard InChI is InChI=1S/C20H25N3O3/c1-15(2)20(24)21-11-16-6-8-18(9-7-16)23-13-17(12-22-23)14-26-19-5-3-4-10-25-19/h6-9,12-13,19H,1,3-5,10-11,14H2,2H3,(H,21,24). The van der Waals surface area contributed by atoms with Crippen molar-refractivity contribution in [2.75, 3.05) is 6.61 Å². The summed E-state index contributed by atoms with van der Waals surface area (Å²) in [5, 5.41) is 7.21. The summed E-state index contributed by atoms with van der Waals surface area (Å²) in [4.78, 5) is 11.5. The molecule has 2 aromatic rings. The fourth-order valence-corrected chi connectivity index (χ4v) is 2.71. The molecule has 6 nitrogen and oxygen atoms in total. The molecule has 6 heteroatoms. The number of carbonyl (C=O) groups excluding carboxylic acids is 1. The van der Waals surface area contributed by atoms with Gasteiger partial charge in [-0.15, -0.1) is 0 Å². The Hall–Kier alpha value is -2.44. The van der Waals surface area contributed by atoms with Crippen molar-refractivity contribution >= 4 is 5.91 Å². The van der Waals surface area contributed by atoms with Gasteiger partial charge >= 0.3 is 0 Å². The number of aromatic nitrogens is 2. The summed E-state index contributed by atoms with van der Waals surface area (Å²) >= 11 is 0. The predicted octanol–water partition coefficient (Wildman–Crippen LogP) is 3.11. The highest BCUT2D eigenvalue weighted by Gasteiger charge is 2.14. The lowest BCUT2D eigenvalue weighted by atomic mass is 10.2. The van der Waals surface area contributed by atoms with Crippen molar-refractivity contribution in [3.8, 4) is 5.69 Å². The third-order valence-corrected chi connectivity index (χ3v) is 4.25. The van der Waals surface area contributed by atoms with Crippen molar-refractivity contribution in [1.29, 1.82) is 0 Å². The lowest BCUT2D eigenvalue weighted by molar-refractivity contribution is -0.168. The number of benzene rings is 1. The molecule has 1 fully saturated rings. The SMILES string of the molecule is C=C(C)C(=O)NCc1ccc(-n2cc(COC3CCCCO3)cn2)cc1. The molecule has 1 amide bonds. The Morgan fingerprint density at radius 1 is 1.35 bits per heavy atom. The first kappa shape index (κ1) is 18.4. The van der Waals surface area contributed by atoms with Crippen LogP contribution in [0.5, 0.6) is 0 Å². The lowest BCUT2D eigenvalue weighted by Gasteiger charge is -2.22. The van der Waals surface area contributed by atoms with E-state index in [0.29, 0.717) is 18.7 Å². The Morgan fingerprint density at radius 3 is 2.85 bits per heavy atom. The van der Waals surface area contributed by atoms with E-state index >= 15 is 0 Å². The normalized spacial score (nSPS) is 17.0. The molecule has 26 heavy (non-hydrogen) atoms. The summed E-state index contributed by atoms with van der Waals surface area (Å²) in [6.45, 7) is 7.07. The topological polar surface area (TPSA) is 65.4 Å². The van der Waals surface area contributed by atoms with E-state index in [2.05, 4.69) is 17.0 Å². The number of hydrogen-bond donors (Lipinski definition) is 1. The molecule has 2 heterocycles. The molecule has 1 aromatic carbocycles. The van der Waals surface area contributed by atoms with Gasteiger partial charge in [-0.2, -0.15) is 5.10 Å². The van der Waals surface area contributed by atoms with Gasteiger partial charge in [-0.3, -0.25) is 4.79 Å². The van der Waals surface area contributed by atoms with Gasteiger partial charge in [0.1, 0.15) is 0 Å². The Kier molecular flexibility index (Phi) is 6.20. The maximum atomic E-state index is 11.5. The second kappa shape index (κ2) is 8.78. The summed E-state index contributed by atoms with van der Waals surface area (Å²) in [6, 6.07) is 7.90. The second-order valence-electron chi connectivity index (χ2n) is 6.53. The summed E-state index contributed by atoms with van der Waals surface area (Å²) in [6.07, 6.45) is 6.90. The third-order valence-electron chi connectivity index (χ3n) is 4.25. The molecular weight excluding hydrogens is 330 g/mol. The number of amides is 1. The molecule has 3 rings (SSSR count). The molecule has 1 aliphatic rings. The number of rotatable bonds is 7. The van der Waals surface area contributed by atoms with Crippen LogP contribution in [-0.4, -0.2) is 28.6 Å². The highest BCUT2D eigenvalue weighted by molar-refractivity contribution is 5.91. The molecule has 0 spiro atoms. The molecule has 1 saturated heterocycles. The average Bonchev–Trinajstić information content (AvgIpc) is 3.14. The van der Waals surface area contributed by atoms with Gasteiger partial charge in [-0.1, -0.05) is 18.7 Å². The van der Waals surface area contributed by atoms with E-state index in [-0.39, 0.29) is 12.2 Å². The van der Waals surface area contributed by atoms with Crippen LogP contribution < -0.4 is 5.32 Å². The lowest BCUT2D eigenvalue weighted by Crippen LogP contribution is -2.22. The van der Waals surface area contributed by atoms with Crippen LogP contribution in [0.25, 0.3) is 5.69 Å². The first-order chi connectivity index (χ1) is 12.6. The molecular formula is C20H25N3O3. The summed E-state index contributed by atoms with van der Waals surface area (Å²) in [7, 11) is 0. The summed E-state index contributed by atoms with van der Waals surface area (Å²) < 4.78 is 13.2. The van der Waals surface area contributed by atoms with Crippen molar-refractivity contribution in [1.82, 2.24) is 15.1 Å². The zero-order chi connectivity index (χ0) is 18.4. The Bertz CT molecular complexity index is 746. The molecule has 0 saturated carbocycles. The highest BCUT2D eigenvalue weighted by Crippen LogP contribution is 2.16. The molecule has 138 valence electrons. The van der Waals surface area contributed by atoms with Crippen molar-refractivity contribution in [2.45, 2.75) is 45.6 Å². The summed E-state index contributed by atoms with van der Waals surface area (Å²) in [5.41, 5.74) is 3.50.